The Hall–Kier alpha value is -3.10. The second-order valence-electron chi connectivity index (χ2n) is 12.3. The highest BCUT2D eigenvalue weighted by molar-refractivity contribution is 5.95. The number of alkyl carbamates (subject to hydrolysis) is 1. The van der Waals surface area contributed by atoms with Gasteiger partial charge in [-0.05, 0) is 84.4 Å². The Morgan fingerprint density at radius 3 is 2.21 bits per heavy atom. The lowest BCUT2D eigenvalue weighted by Gasteiger charge is -2.45. The van der Waals surface area contributed by atoms with Crippen LogP contribution in [0.2, 0.25) is 0 Å². The lowest BCUT2D eigenvalue weighted by Crippen LogP contribution is -2.60. The van der Waals surface area contributed by atoms with Gasteiger partial charge in [-0.15, -0.1) is 0 Å². The summed E-state index contributed by atoms with van der Waals surface area (Å²) in [5.74, 6) is -1.61. The molecule has 9 heteroatoms. The summed E-state index contributed by atoms with van der Waals surface area (Å²) in [7, 11) is 0. The standard InChI is InChI=1S/C30H48N4O5/c1-9-30(7,8)34(27(37)23(18-24(31)35)33-28(38)39-29(4,5)6)25(22-17-13-14-19(2)20(22)3)26(36)32-21-15-11-10-12-16-21/h13-14,17,21,23,25H,9-12,15-16,18H2,1-8H3,(H2,31,35)(H,32,36)(H,33,38). The Bertz CT molecular complexity index is 1040. The number of carbonyl (C=O) groups excluding carboxylic acids is 4. The Morgan fingerprint density at radius 2 is 1.67 bits per heavy atom. The molecule has 218 valence electrons. The van der Waals surface area contributed by atoms with Crippen LogP contribution in [-0.2, 0) is 19.1 Å². The molecule has 0 bridgehead atoms. The quantitative estimate of drug-likeness (QED) is 0.397. The fourth-order valence-electron chi connectivity index (χ4n) is 4.96. The molecule has 2 atom stereocenters. The summed E-state index contributed by atoms with van der Waals surface area (Å²) in [5.41, 5.74) is 6.48. The molecule has 1 saturated carbocycles. The molecule has 1 aliphatic carbocycles. The van der Waals surface area contributed by atoms with Crippen molar-refractivity contribution in [2.75, 3.05) is 0 Å². The van der Waals surface area contributed by atoms with E-state index in [-0.39, 0.29) is 11.9 Å². The van der Waals surface area contributed by atoms with E-state index in [2.05, 4.69) is 10.6 Å². The minimum Gasteiger partial charge on any atom is -0.444 e. The number of primary amides is 1. The molecular formula is C30H48N4O5. The Balaban J connectivity index is 2.63. The minimum absolute atomic E-state index is 0.0295. The van der Waals surface area contributed by atoms with Crippen LogP contribution in [-0.4, -0.2) is 51.9 Å². The van der Waals surface area contributed by atoms with E-state index < -0.39 is 47.6 Å². The van der Waals surface area contributed by atoms with Gasteiger partial charge in [0.25, 0.3) is 0 Å². The molecule has 2 unspecified atom stereocenters. The van der Waals surface area contributed by atoms with Crippen molar-refractivity contribution in [1.82, 2.24) is 15.5 Å². The molecule has 1 aliphatic rings. The van der Waals surface area contributed by atoms with Gasteiger partial charge in [-0.3, -0.25) is 14.4 Å². The number of amides is 4. The monoisotopic (exact) mass is 544 g/mol. The topological polar surface area (TPSA) is 131 Å². The molecule has 0 heterocycles. The molecule has 4 N–H and O–H groups in total. The van der Waals surface area contributed by atoms with Crippen LogP contribution in [0.15, 0.2) is 18.2 Å². The van der Waals surface area contributed by atoms with Gasteiger partial charge in [0.2, 0.25) is 17.7 Å². The van der Waals surface area contributed by atoms with Crippen LogP contribution < -0.4 is 16.4 Å². The first kappa shape index (κ1) is 32.1. The molecule has 39 heavy (non-hydrogen) atoms. The van der Waals surface area contributed by atoms with Gasteiger partial charge in [0.05, 0.1) is 6.42 Å². The van der Waals surface area contributed by atoms with Gasteiger partial charge < -0.3 is 26.0 Å². The van der Waals surface area contributed by atoms with Gasteiger partial charge in [-0.2, -0.15) is 0 Å². The first-order valence-electron chi connectivity index (χ1n) is 14.0. The van der Waals surface area contributed by atoms with Gasteiger partial charge in [0, 0.05) is 11.6 Å². The maximum atomic E-state index is 14.4. The van der Waals surface area contributed by atoms with E-state index in [1.807, 2.05) is 52.8 Å². The van der Waals surface area contributed by atoms with Crippen LogP contribution in [0.5, 0.6) is 0 Å². The molecule has 4 amide bonds. The van der Waals surface area contributed by atoms with Crippen molar-refractivity contribution >= 4 is 23.8 Å². The second-order valence-corrected chi connectivity index (χ2v) is 12.3. The summed E-state index contributed by atoms with van der Waals surface area (Å²) >= 11 is 0. The Kier molecular flexibility index (Phi) is 11.0. The third-order valence-electron chi connectivity index (χ3n) is 7.55. The number of carbonyl (C=O) groups is 4. The highest BCUT2D eigenvalue weighted by Gasteiger charge is 2.44. The van der Waals surface area contributed by atoms with Gasteiger partial charge in [0.1, 0.15) is 17.7 Å². The summed E-state index contributed by atoms with van der Waals surface area (Å²) in [4.78, 5) is 54.8. The zero-order valence-corrected chi connectivity index (χ0v) is 25.0. The number of ether oxygens (including phenoxy) is 1. The predicted octanol–water partition coefficient (Wildman–Crippen LogP) is 4.58. The summed E-state index contributed by atoms with van der Waals surface area (Å²) < 4.78 is 5.37. The third kappa shape index (κ3) is 8.97. The van der Waals surface area contributed by atoms with E-state index in [0.29, 0.717) is 12.0 Å². The first-order valence-corrected chi connectivity index (χ1v) is 14.0. The molecular weight excluding hydrogens is 496 g/mol. The molecule has 1 fully saturated rings. The van der Waals surface area contributed by atoms with Crippen LogP contribution in [0.1, 0.15) is 109 Å². The molecule has 0 radical (unpaired) electrons. The molecule has 2 rings (SSSR count). The van der Waals surface area contributed by atoms with Crippen molar-refractivity contribution in [3.63, 3.8) is 0 Å². The fraction of sp³-hybridized carbons (Fsp3) is 0.667. The predicted molar refractivity (Wildman–Crippen MR) is 152 cm³/mol. The van der Waals surface area contributed by atoms with Crippen molar-refractivity contribution in [1.29, 1.82) is 0 Å². The lowest BCUT2D eigenvalue weighted by atomic mass is 9.88. The highest BCUT2D eigenvalue weighted by atomic mass is 16.6. The van der Waals surface area contributed by atoms with Crippen LogP contribution in [0.3, 0.4) is 0 Å². The zero-order valence-electron chi connectivity index (χ0n) is 25.0. The number of benzene rings is 1. The molecule has 1 aromatic carbocycles. The maximum absolute atomic E-state index is 14.4. The first-order chi connectivity index (χ1) is 18.1. The van der Waals surface area contributed by atoms with Crippen molar-refractivity contribution in [2.45, 2.75) is 130 Å². The van der Waals surface area contributed by atoms with Crippen molar-refractivity contribution < 1.29 is 23.9 Å². The average molecular weight is 545 g/mol. The highest BCUT2D eigenvalue weighted by Crippen LogP contribution is 2.35. The molecule has 0 aliphatic heterocycles. The fourth-order valence-corrected chi connectivity index (χ4v) is 4.96. The normalized spacial score (nSPS) is 16.1. The van der Waals surface area contributed by atoms with E-state index in [1.54, 1.807) is 20.8 Å². The van der Waals surface area contributed by atoms with E-state index in [1.165, 1.54) is 4.90 Å². The van der Waals surface area contributed by atoms with Crippen molar-refractivity contribution in [3.8, 4) is 0 Å². The summed E-state index contributed by atoms with van der Waals surface area (Å²) in [6.07, 6.45) is 4.26. The van der Waals surface area contributed by atoms with E-state index in [4.69, 9.17) is 10.5 Å². The number of nitrogens with two attached hydrogens (primary N) is 1. The number of aryl methyl sites for hydroxylation is 1. The van der Waals surface area contributed by atoms with Gasteiger partial charge in [-0.1, -0.05) is 44.4 Å². The second kappa shape index (κ2) is 13.3. The van der Waals surface area contributed by atoms with E-state index in [9.17, 15) is 19.2 Å². The molecule has 0 aromatic heterocycles. The summed E-state index contributed by atoms with van der Waals surface area (Å²) in [6.45, 7) is 14.7. The third-order valence-corrected chi connectivity index (χ3v) is 7.55. The largest absolute Gasteiger partial charge is 0.444 e. The molecule has 0 spiro atoms. The molecule has 9 nitrogen and oxygen atoms in total. The van der Waals surface area contributed by atoms with Crippen LogP contribution >= 0.6 is 0 Å². The van der Waals surface area contributed by atoms with Crippen molar-refractivity contribution in [2.24, 2.45) is 5.73 Å². The molecule has 1 aromatic rings. The number of rotatable bonds is 10. The Morgan fingerprint density at radius 1 is 1.05 bits per heavy atom. The van der Waals surface area contributed by atoms with Gasteiger partial charge in [-0.25, -0.2) is 4.79 Å². The maximum Gasteiger partial charge on any atom is 0.408 e. The van der Waals surface area contributed by atoms with Crippen LogP contribution in [0.4, 0.5) is 4.79 Å². The smallest absolute Gasteiger partial charge is 0.408 e. The number of hydrogen-bond acceptors (Lipinski definition) is 5. The van der Waals surface area contributed by atoms with Crippen LogP contribution in [0, 0.1) is 13.8 Å². The SMILES string of the molecule is CCC(C)(C)N(C(=O)C(CC(N)=O)NC(=O)OC(C)(C)C)C(C(=O)NC1CCCCC1)c1cccc(C)c1C. The number of nitrogens with zero attached hydrogens (tertiary/aromatic N) is 1. The van der Waals surface area contributed by atoms with Gasteiger partial charge in [0.15, 0.2) is 0 Å². The zero-order chi connectivity index (χ0) is 29.5. The molecule has 0 saturated heterocycles. The van der Waals surface area contributed by atoms with Gasteiger partial charge >= 0.3 is 6.09 Å². The van der Waals surface area contributed by atoms with Crippen LogP contribution in [0.25, 0.3) is 0 Å². The minimum atomic E-state index is -1.31. The summed E-state index contributed by atoms with van der Waals surface area (Å²) in [5, 5.41) is 5.76. The summed E-state index contributed by atoms with van der Waals surface area (Å²) in [6, 6.07) is 3.45. The lowest BCUT2D eigenvalue weighted by molar-refractivity contribution is -0.150. The van der Waals surface area contributed by atoms with E-state index >= 15 is 0 Å². The number of nitrogens with one attached hydrogen (secondary N) is 2. The number of hydrogen-bond donors (Lipinski definition) is 3. The van der Waals surface area contributed by atoms with E-state index in [0.717, 1.165) is 43.2 Å². The average Bonchev–Trinajstić information content (AvgIpc) is 2.82. The Labute approximate surface area is 233 Å². The van der Waals surface area contributed by atoms with Crippen molar-refractivity contribution in [3.05, 3.63) is 34.9 Å².